The molecule has 0 aliphatic heterocycles. The highest BCUT2D eigenvalue weighted by Crippen LogP contribution is 2.24. The summed E-state index contributed by atoms with van der Waals surface area (Å²) in [6, 6.07) is 16.0. The van der Waals surface area contributed by atoms with Gasteiger partial charge in [0.25, 0.3) is 0 Å². The molecule has 0 bridgehead atoms. The van der Waals surface area contributed by atoms with Gasteiger partial charge < -0.3 is 5.73 Å². The zero-order chi connectivity index (χ0) is 13.9. The van der Waals surface area contributed by atoms with Crippen LogP contribution in [0, 0.1) is 0 Å². The number of benzene rings is 2. The van der Waals surface area contributed by atoms with Crippen molar-refractivity contribution in [3.05, 3.63) is 70.3 Å². The van der Waals surface area contributed by atoms with Gasteiger partial charge in [-0.15, -0.1) is 0 Å². The van der Waals surface area contributed by atoms with E-state index < -0.39 is 0 Å². The minimum absolute atomic E-state index is 0.448. The van der Waals surface area contributed by atoms with Gasteiger partial charge in [-0.2, -0.15) is 0 Å². The zero-order valence-corrected chi connectivity index (χ0v) is 12.2. The van der Waals surface area contributed by atoms with Crippen LogP contribution in [0.4, 0.5) is 0 Å². The summed E-state index contributed by atoms with van der Waals surface area (Å²) in [5.74, 6) is 0.448. The average molecular weight is 265 g/mol. The fourth-order valence-electron chi connectivity index (χ4n) is 3.07. The second kappa shape index (κ2) is 5.80. The minimum Gasteiger partial charge on any atom is -0.330 e. The minimum atomic E-state index is 0.448. The quantitative estimate of drug-likeness (QED) is 0.893. The van der Waals surface area contributed by atoms with E-state index in [0.717, 1.165) is 6.42 Å². The Morgan fingerprint density at radius 3 is 2.40 bits per heavy atom. The summed E-state index contributed by atoms with van der Waals surface area (Å²) in [6.07, 6.45) is 4.88. The Hall–Kier alpha value is -1.60. The molecule has 1 heteroatoms. The van der Waals surface area contributed by atoms with E-state index in [2.05, 4.69) is 49.4 Å². The second-order valence-electron chi connectivity index (χ2n) is 6.01. The molecule has 0 aromatic heterocycles. The lowest BCUT2D eigenvalue weighted by Gasteiger charge is -2.10. The van der Waals surface area contributed by atoms with Gasteiger partial charge >= 0.3 is 0 Å². The number of rotatable bonds is 4. The Kier molecular flexibility index (Phi) is 3.88. The van der Waals surface area contributed by atoms with Gasteiger partial charge in [-0.25, -0.2) is 0 Å². The van der Waals surface area contributed by atoms with Gasteiger partial charge in [-0.1, -0.05) is 49.4 Å². The predicted octanol–water partition coefficient (Wildman–Crippen LogP) is 3.83. The number of nitrogens with two attached hydrogens (primary N) is 1. The number of hydrogen-bond acceptors (Lipinski definition) is 1. The first-order chi connectivity index (χ1) is 9.76. The normalized spacial score (nSPS) is 15.1. The highest BCUT2D eigenvalue weighted by atomic mass is 14.5. The van der Waals surface area contributed by atoms with Crippen molar-refractivity contribution in [2.24, 2.45) is 5.73 Å². The topological polar surface area (TPSA) is 26.0 Å². The molecule has 0 spiro atoms. The molecule has 0 heterocycles. The van der Waals surface area contributed by atoms with E-state index in [1.807, 2.05) is 0 Å². The molecule has 104 valence electrons. The van der Waals surface area contributed by atoms with E-state index in [0.29, 0.717) is 12.5 Å². The van der Waals surface area contributed by atoms with E-state index >= 15 is 0 Å². The molecule has 2 aromatic rings. The van der Waals surface area contributed by atoms with Gasteiger partial charge in [0, 0.05) is 0 Å². The highest BCUT2D eigenvalue weighted by Gasteiger charge is 2.11. The molecule has 0 amide bonds. The van der Waals surface area contributed by atoms with Crippen LogP contribution in [-0.2, 0) is 19.3 Å². The molecule has 0 radical (unpaired) electrons. The monoisotopic (exact) mass is 265 g/mol. The average Bonchev–Trinajstić information content (AvgIpc) is 2.95. The van der Waals surface area contributed by atoms with Crippen molar-refractivity contribution in [2.75, 3.05) is 6.54 Å². The number of hydrogen-bond donors (Lipinski definition) is 1. The number of aryl methyl sites for hydroxylation is 2. The third-order valence-corrected chi connectivity index (χ3v) is 4.47. The Bertz CT molecular complexity index is 583. The Labute approximate surface area is 121 Å². The van der Waals surface area contributed by atoms with Gasteiger partial charge in [-0.3, -0.25) is 0 Å². The lowest BCUT2D eigenvalue weighted by atomic mass is 9.96. The molecule has 0 saturated heterocycles. The van der Waals surface area contributed by atoms with Crippen LogP contribution in [0.1, 0.15) is 47.1 Å². The molecule has 2 N–H and O–H groups in total. The highest BCUT2D eigenvalue weighted by molar-refractivity contribution is 5.38. The molecular formula is C19H23N. The summed E-state index contributed by atoms with van der Waals surface area (Å²) in [4.78, 5) is 0. The van der Waals surface area contributed by atoms with E-state index in [4.69, 9.17) is 5.73 Å². The van der Waals surface area contributed by atoms with Crippen molar-refractivity contribution in [1.29, 1.82) is 0 Å². The molecule has 1 atom stereocenters. The van der Waals surface area contributed by atoms with Crippen LogP contribution in [0.5, 0.6) is 0 Å². The van der Waals surface area contributed by atoms with E-state index in [1.165, 1.54) is 36.0 Å². The van der Waals surface area contributed by atoms with Crippen LogP contribution in [0.15, 0.2) is 42.5 Å². The summed E-state index contributed by atoms with van der Waals surface area (Å²) in [7, 11) is 0. The second-order valence-corrected chi connectivity index (χ2v) is 6.01. The first-order valence-electron chi connectivity index (χ1n) is 7.66. The standard InChI is InChI=1S/C19H23N/c1-14(13-20)17-8-5-15(6-9-17)11-16-7-10-18-3-2-4-19(18)12-16/h5-10,12,14H,2-4,11,13,20H2,1H3. The van der Waals surface area contributed by atoms with Gasteiger partial charge in [0.05, 0.1) is 0 Å². The zero-order valence-electron chi connectivity index (χ0n) is 12.2. The van der Waals surface area contributed by atoms with Crippen molar-refractivity contribution >= 4 is 0 Å². The Balaban J connectivity index is 1.74. The van der Waals surface area contributed by atoms with Crippen molar-refractivity contribution in [2.45, 2.75) is 38.5 Å². The maximum Gasteiger partial charge on any atom is -0.00109 e. The smallest absolute Gasteiger partial charge is 0.00109 e. The van der Waals surface area contributed by atoms with Gasteiger partial charge in [-0.05, 0) is 66.0 Å². The summed E-state index contributed by atoms with van der Waals surface area (Å²) in [5, 5.41) is 0. The lowest BCUT2D eigenvalue weighted by molar-refractivity contribution is 0.773. The van der Waals surface area contributed by atoms with Crippen molar-refractivity contribution in [3.63, 3.8) is 0 Å². The third kappa shape index (κ3) is 2.78. The fourth-order valence-corrected chi connectivity index (χ4v) is 3.07. The maximum absolute atomic E-state index is 5.72. The molecule has 1 aliphatic carbocycles. The first kappa shape index (κ1) is 13.4. The molecule has 1 unspecified atom stereocenters. The predicted molar refractivity (Wildman–Crippen MR) is 85.2 cm³/mol. The van der Waals surface area contributed by atoms with Gasteiger partial charge in [0.1, 0.15) is 0 Å². The lowest BCUT2D eigenvalue weighted by Crippen LogP contribution is -2.08. The molecule has 0 saturated carbocycles. The molecule has 2 aromatic carbocycles. The van der Waals surface area contributed by atoms with Crippen molar-refractivity contribution < 1.29 is 0 Å². The number of fused-ring (bicyclic) bond motifs is 1. The van der Waals surface area contributed by atoms with Crippen LogP contribution >= 0.6 is 0 Å². The van der Waals surface area contributed by atoms with Crippen LogP contribution in [0.25, 0.3) is 0 Å². The maximum atomic E-state index is 5.72. The Morgan fingerprint density at radius 2 is 1.65 bits per heavy atom. The van der Waals surface area contributed by atoms with Crippen LogP contribution < -0.4 is 5.73 Å². The molecule has 3 rings (SSSR count). The SMILES string of the molecule is CC(CN)c1ccc(Cc2ccc3c(c2)CCC3)cc1. The van der Waals surface area contributed by atoms with Crippen molar-refractivity contribution in [1.82, 2.24) is 0 Å². The summed E-state index contributed by atoms with van der Waals surface area (Å²) >= 11 is 0. The fraction of sp³-hybridized carbons (Fsp3) is 0.368. The molecular weight excluding hydrogens is 242 g/mol. The van der Waals surface area contributed by atoms with E-state index in [-0.39, 0.29) is 0 Å². The van der Waals surface area contributed by atoms with E-state index in [1.54, 1.807) is 11.1 Å². The molecule has 1 aliphatic rings. The molecule has 1 nitrogen and oxygen atoms in total. The van der Waals surface area contributed by atoms with Crippen molar-refractivity contribution in [3.8, 4) is 0 Å². The van der Waals surface area contributed by atoms with Crippen LogP contribution in [0.2, 0.25) is 0 Å². The van der Waals surface area contributed by atoms with Crippen LogP contribution in [-0.4, -0.2) is 6.54 Å². The first-order valence-corrected chi connectivity index (χ1v) is 7.66. The van der Waals surface area contributed by atoms with Gasteiger partial charge in [0.2, 0.25) is 0 Å². The third-order valence-electron chi connectivity index (χ3n) is 4.47. The Morgan fingerprint density at radius 1 is 0.950 bits per heavy atom. The molecule has 0 fully saturated rings. The van der Waals surface area contributed by atoms with Crippen LogP contribution in [0.3, 0.4) is 0 Å². The summed E-state index contributed by atoms with van der Waals surface area (Å²) < 4.78 is 0. The summed E-state index contributed by atoms with van der Waals surface area (Å²) in [6.45, 7) is 2.89. The largest absolute Gasteiger partial charge is 0.330 e. The van der Waals surface area contributed by atoms with E-state index in [9.17, 15) is 0 Å². The summed E-state index contributed by atoms with van der Waals surface area (Å²) in [5.41, 5.74) is 13.0. The van der Waals surface area contributed by atoms with Gasteiger partial charge in [0.15, 0.2) is 0 Å². The molecule has 20 heavy (non-hydrogen) atoms.